The number of benzene rings is 1. The van der Waals surface area contributed by atoms with E-state index < -0.39 is 0 Å². The largest absolute Gasteiger partial charge is 0.397 e. The number of rotatable bonds is 5. The molecular weight excluding hydrogens is 200 g/mol. The monoisotopic (exact) mass is 214 g/mol. The van der Waals surface area contributed by atoms with Crippen molar-refractivity contribution in [3.63, 3.8) is 0 Å². The van der Waals surface area contributed by atoms with Gasteiger partial charge >= 0.3 is 0 Å². The third-order valence-corrected chi connectivity index (χ3v) is 2.11. The molecule has 0 spiro atoms. The lowest BCUT2D eigenvalue weighted by atomic mass is 10.2. The number of nitrogens with one attached hydrogen (secondary N) is 1. The molecule has 1 aromatic carbocycles. The van der Waals surface area contributed by atoms with E-state index in [0.29, 0.717) is 23.9 Å². The Morgan fingerprint density at radius 1 is 1.50 bits per heavy atom. The zero-order valence-corrected chi connectivity index (χ0v) is 8.97. The summed E-state index contributed by atoms with van der Waals surface area (Å²) < 4.78 is 5.19. The van der Waals surface area contributed by atoms with Crippen LogP contribution in [0.5, 0.6) is 0 Å². The van der Waals surface area contributed by atoms with Gasteiger partial charge in [-0.05, 0) is 19.1 Å². The first-order chi connectivity index (χ1) is 6.75. The van der Waals surface area contributed by atoms with Crippen molar-refractivity contribution >= 4 is 23.0 Å². The van der Waals surface area contributed by atoms with Crippen LogP contribution in [0.3, 0.4) is 0 Å². The highest BCUT2D eigenvalue weighted by Gasteiger charge is 2.02. The summed E-state index contributed by atoms with van der Waals surface area (Å²) in [6.45, 7) is 4.05. The lowest BCUT2D eigenvalue weighted by Gasteiger charge is -2.10. The third kappa shape index (κ3) is 3.09. The van der Waals surface area contributed by atoms with Crippen molar-refractivity contribution in [2.45, 2.75) is 6.92 Å². The van der Waals surface area contributed by atoms with E-state index in [1.54, 1.807) is 6.07 Å². The smallest absolute Gasteiger partial charge is 0.0763 e. The van der Waals surface area contributed by atoms with Crippen LogP contribution in [0.1, 0.15) is 6.92 Å². The second kappa shape index (κ2) is 5.73. The van der Waals surface area contributed by atoms with Gasteiger partial charge in [0.05, 0.1) is 23.0 Å². The number of para-hydroxylation sites is 1. The molecule has 0 heterocycles. The molecule has 78 valence electrons. The molecule has 3 nitrogen and oxygen atoms in total. The number of hydrogen-bond acceptors (Lipinski definition) is 3. The molecule has 0 amide bonds. The average molecular weight is 215 g/mol. The van der Waals surface area contributed by atoms with Crippen molar-refractivity contribution in [3.05, 3.63) is 23.2 Å². The number of nitrogens with two attached hydrogens (primary N) is 1. The number of nitrogen functional groups attached to an aromatic ring is 1. The molecule has 0 aliphatic carbocycles. The molecule has 0 saturated carbocycles. The first kappa shape index (κ1) is 11.1. The Morgan fingerprint density at radius 3 is 2.93 bits per heavy atom. The fourth-order valence-electron chi connectivity index (χ4n) is 1.12. The van der Waals surface area contributed by atoms with Crippen LogP contribution in [-0.4, -0.2) is 19.8 Å². The normalized spacial score (nSPS) is 10.1. The summed E-state index contributed by atoms with van der Waals surface area (Å²) in [4.78, 5) is 0. The molecule has 4 heteroatoms. The molecule has 0 unspecified atom stereocenters. The number of ether oxygens (including phenoxy) is 1. The predicted molar refractivity (Wildman–Crippen MR) is 60.8 cm³/mol. The second-order valence-electron chi connectivity index (χ2n) is 2.83. The van der Waals surface area contributed by atoms with Gasteiger partial charge in [0.1, 0.15) is 0 Å². The van der Waals surface area contributed by atoms with Gasteiger partial charge in [0.2, 0.25) is 0 Å². The molecule has 0 atom stereocenters. The molecule has 3 N–H and O–H groups in total. The predicted octanol–water partition coefficient (Wildman–Crippen LogP) is 2.37. The van der Waals surface area contributed by atoms with E-state index in [4.69, 9.17) is 22.1 Å². The second-order valence-corrected chi connectivity index (χ2v) is 3.23. The number of anilines is 2. The van der Waals surface area contributed by atoms with Crippen LogP contribution in [0.2, 0.25) is 5.02 Å². The Bertz CT molecular complexity index is 271. The molecule has 0 saturated heterocycles. The zero-order valence-electron chi connectivity index (χ0n) is 8.22. The van der Waals surface area contributed by atoms with Gasteiger partial charge in [0.25, 0.3) is 0 Å². The Balaban J connectivity index is 2.49. The highest BCUT2D eigenvalue weighted by atomic mass is 35.5. The molecule has 0 aliphatic heterocycles. The van der Waals surface area contributed by atoms with Crippen LogP contribution in [-0.2, 0) is 4.74 Å². The summed E-state index contributed by atoms with van der Waals surface area (Å²) in [5.74, 6) is 0. The van der Waals surface area contributed by atoms with Gasteiger partial charge in [-0.3, -0.25) is 0 Å². The summed E-state index contributed by atoms with van der Waals surface area (Å²) in [5.41, 5.74) is 7.20. The molecule has 0 radical (unpaired) electrons. The Morgan fingerprint density at radius 2 is 2.29 bits per heavy atom. The van der Waals surface area contributed by atoms with Gasteiger partial charge in [-0.25, -0.2) is 0 Å². The van der Waals surface area contributed by atoms with Crippen LogP contribution < -0.4 is 11.1 Å². The van der Waals surface area contributed by atoms with Crippen molar-refractivity contribution in [2.24, 2.45) is 0 Å². The van der Waals surface area contributed by atoms with Crippen LogP contribution in [0.4, 0.5) is 11.4 Å². The molecule has 0 aliphatic rings. The minimum Gasteiger partial charge on any atom is -0.397 e. The van der Waals surface area contributed by atoms with Crippen molar-refractivity contribution in [3.8, 4) is 0 Å². The van der Waals surface area contributed by atoms with Crippen molar-refractivity contribution in [1.29, 1.82) is 0 Å². The molecule has 1 rings (SSSR count). The zero-order chi connectivity index (χ0) is 10.4. The van der Waals surface area contributed by atoms with Gasteiger partial charge in [-0.1, -0.05) is 17.7 Å². The number of halogens is 1. The lowest BCUT2D eigenvalue weighted by Crippen LogP contribution is -2.10. The highest BCUT2D eigenvalue weighted by molar-refractivity contribution is 6.33. The van der Waals surface area contributed by atoms with E-state index in [1.807, 2.05) is 19.1 Å². The van der Waals surface area contributed by atoms with E-state index in [-0.39, 0.29) is 0 Å². The average Bonchev–Trinajstić information content (AvgIpc) is 2.16. The number of hydrogen-bond donors (Lipinski definition) is 2. The van der Waals surface area contributed by atoms with E-state index in [2.05, 4.69) is 5.32 Å². The van der Waals surface area contributed by atoms with Crippen molar-refractivity contribution < 1.29 is 4.74 Å². The maximum Gasteiger partial charge on any atom is 0.0763 e. The first-order valence-electron chi connectivity index (χ1n) is 4.61. The molecule has 14 heavy (non-hydrogen) atoms. The fourth-order valence-corrected chi connectivity index (χ4v) is 1.37. The van der Waals surface area contributed by atoms with Crippen LogP contribution >= 0.6 is 11.6 Å². The van der Waals surface area contributed by atoms with E-state index in [1.165, 1.54) is 0 Å². The van der Waals surface area contributed by atoms with Gasteiger partial charge in [0, 0.05) is 13.2 Å². The van der Waals surface area contributed by atoms with Crippen LogP contribution in [0.15, 0.2) is 18.2 Å². The standard InChI is InChI=1S/C10H15ClN2O/c1-2-14-7-6-13-10-8(11)4-3-5-9(10)12/h3-5,13H,2,6-7,12H2,1H3. The maximum absolute atomic E-state index is 5.96. The first-order valence-corrected chi connectivity index (χ1v) is 4.99. The Kier molecular flexibility index (Phi) is 4.56. The highest BCUT2D eigenvalue weighted by Crippen LogP contribution is 2.27. The lowest BCUT2D eigenvalue weighted by molar-refractivity contribution is 0.158. The summed E-state index contributed by atoms with van der Waals surface area (Å²) in [7, 11) is 0. The molecule has 0 bridgehead atoms. The molecular formula is C10H15ClN2O. The summed E-state index contributed by atoms with van der Waals surface area (Å²) in [5, 5.41) is 3.77. The van der Waals surface area contributed by atoms with Crippen molar-refractivity contribution in [1.82, 2.24) is 0 Å². The maximum atomic E-state index is 5.96. The summed E-state index contributed by atoms with van der Waals surface area (Å²) in [6.07, 6.45) is 0. The fraction of sp³-hybridized carbons (Fsp3) is 0.400. The third-order valence-electron chi connectivity index (χ3n) is 1.80. The minimum absolute atomic E-state index is 0.640. The summed E-state index contributed by atoms with van der Waals surface area (Å²) >= 11 is 5.96. The van der Waals surface area contributed by atoms with Crippen LogP contribution in [0.25, 0.3) is 0 Å². The van der Waals surface area contributed by atoms with E-state index >= 15 is 0 Å². The van der Waals surface area contributed by atoms with Crippen molar-refractivity contribution in [2.75, 3.05) is 30.8 Å². The minimum atomic E-state index is 0.640. The molecule has 0 aromatic heterocycles. The molecule has 0 fully saturated rings. The van der Waals surface area contributed by atoms with Gasteiger partial charge in [-0.15, -0.1) is 0 Å². The Hall–Kier alpha value is -0.930. The molecule has 1 aromatic rings. The van der Waals surface area contributed by atoms with Gasteiger partial charge < -0.3 is 15.8 Å². The SMILES string of the molecule is CCOCCNc1c(N)cccc1Cl. The van der Waals surface area contributed by atoms with Crippen LogP contribution in [0, 0.1) is 0 Å². The van der Waals surface area contributed by atoms with E-state index in [9.17, 15) is 0 Å². The van der Waals surface area contributed by atoms with Gasteiger partial charge in [0.15, 0.2) is 0 Å². The quantitative estimate of drug-likeness (QED) is 0.585. The summed E-state index contributed by atoms with van der Waals surface area (Å²) in [6, 6.07) is 5.45. The van der Waals surface area contributed by atoms with Gasteiger partial charge in [-0.2, -0.15) is 0 Å². The topological polar surface area (TPSA) is 47.3 Å². The van der Waals surface area contributed by atoms with E-state index in [0.717, 1.165) is 12.3 Å². The Labute approximate surface area is 89.2 Å².